The minimum atomic E-state index is 0.414. The second-order valence-electron chi connectivity index (χ2n) is 4.91. The van der Waals surface area contributed by atoms with Crippen molar-refractivity contribution in [2.75, 3.05) is 6.54 Å². The Morgan fingerprint density at radius 1 is 1.26 bits per heavy atom. The average molecular weight is 278 g/mol. The molecule has 0 aliphatic heterocycles. The van der Waals surface area contributed by atoms with Crippen molar-refractivity contribution in [3.8, 4) is 11.3 Å². The normalized spacial score (nSPS) is 12.6. The van der Waals surface area contributed by atoms with Gasteiger partial charge in [0.15, 0.2) is 0 Å². The van der Waals surface area contributed by atoms with E-state index in [1.54, 1.807) is 0 Å². The Kier molecular flexibility index (Phi) is 4.67. The highest BCUT2D eigenvalue weighted by Crippen LogP contribution is 2.30. The molecule has 1 atom stereocenters. The number of nitrogens with one attached hydrogen (secondary N) is 1. The van der Waals surface area contributed by atoms with Gasteiger partial charge in [-0.05, 0) is 50.2 Å². The summed E-state index contributed by atoms with van der Waals surface area (Å²) < 4.78 is 5.88. The Balaban J connectivity index is 2.16. The fourth-order valence-electron chi connectivity index (χ4n) is 2.17. The van der Waals surface area contributed by atoms with Gasteiger partial charge in [0.1, 0.15) is 11.5 Å². The zero-order chi connectivity index (χ0) is 13.8. The largest absolute Gasteiger partial charge is 0.461 e. The lowest BCUT2D eigenvalue weighted by Crippen LogP contribution is -2.27. The van der Waals surface area contributed by atoms with Crippen LogP contribution in [0.25, 0.3) is 11.3 Å². The molecule has 0 aliphatic carbocycles. The van der Waals surface area contributed by atoms with Crippen LogP contribution in [0.5, 0.6) is 0 Å². The first kappa shape index (κ1) is 14.2. The smallest absolute Gasteiger partial charge is 0.135 e. The molecule has 0 fully saturated rings. The quantitative estimate of drug-likeness (QED) is 0.873. The third kappa shape index (κ3) is 3.62. The maximum absolute atomic E-state index is 6.26. The molecule has 2 aromatic rings. The maximum atomic E-state index is 6.26. The Hall–Kier alpha value is -1.25. The molecule has 1 N–H and O–H groups in total. The molecule has 0 saturated heterocycles. The van der Waals surface area contributed by atoms with E-state index in [-0.39, 0.29) is 0 Å². The van der Waals surface area contributed by atoms with Gasteiger partial charge in [-0.25, -0.2) is 0 Å². The van der Waals surface area contributed by atoms with Crippen molar-refractivity contribution < 1.29 is 4.42 Å². The number of furan rings is 1. The fourth-order valence-corrected chi connectivity index (χ4v) is 2.50. The summed E-state index contributed by atoms with van der Waals surface area (Å²) in [5, 5.41) is 4.11. The first-order valence-corrected chi connectivity index (χ1v) is 7.06. The Labute approximate surface area is 119 Å². The molecular weight excluding hydrogens is 258 g/mol. The Morgan fingerprint density at radius 3 is 2.74 bits per heavy atom. The molecule has 0 aliphatic rings. The fraction of sp³-hybridized carbons (Fsp3) is 0.375. The maximum Gasteiger partial charge on any atom is 0.135 e. The summed E-state index contributed by atoms with van der Waals surface area (Å²) in [5.74, 6) is 1.82. The van der Waals surface area contributed by atoms with Gasteiger partial charge in [-0.1, -0.05) is 24.6 Å². The molecule has 0 radical (unpaired) electrons. The molecule has 0 amide bonds. The van der Waals surface area contributed by atoms with E-state index >= 15 is 0 Å². The SMILES string of the molecule is CCNC(C)Cc1ccc(-c2ccc(C)cc2Cl)o1. The summed E-state index contributed by atoms with van der Waals surface area (Å²) in [6.07, 6.45) is 0.886. The van der Waals surface area contributed by atoms with Gasteiger partial charge in [-0.2, -0.15) is 0 Å². The van der Waals surface area contributed by atoms with Gasteiger partial charge in [-0.3, -0.25) is 0 Å². The van der Waals surface area contributed by atoms with Crippen molar-refractivity contribution in [2.24, 2.45) is 0 Å². The predicted molar refractivity (Wildman–Crippen MR) is 80.7 cm³/mol. The number of halogens is 1. The molecule has 2 rings (SSSR count). The lowest BCUT2D eigenvalue weighted by Gasteiger charge is -2.09. The van der Waals surface area contributed by atoms with Crippen LogP contribution in [-0.2, 0) is 6.42 Å². The first-order valence-electron chi connectivity index (χ1n) is 6.68. The molecule has 3 heteroatoms. The highest BCUT2D eigenvalue weighted by Gasteiger charge is 2.10. The summed E-state index contributed by atoms with van der Waals surface area (Å²) in [5.41, 5.74) is 2.11. The third-order valence-corrected chi connectivity index (χ3v) is 3.42. The van der Waals surface area contributed by atoms with Crippen LogP contribution in [0.2, 0.25) is 5.02 Å². The van der Waals surface area contributed by atoms with Crippen molar-refractivity contribution >= 4 is 11.6 Å². The van der Waals surface area contributed by atoms with E-state index in [0.717, 1.165) is 40.6 Å². The lowest BCUT2D eigenvalue weighted by atomic mass is 10.1. The van der Waals surface area contributed by atoms with E-state index in [1.807, 2.05) is 37.3 Å². The zero-order valence-corrected chi connectivity index (χ0v) is 12.4. The molecule has 1 unspecified atom stereocenters. The molecule has 0 saturated carbocycles. The van der Waals surface area contributed by atoms with Crippen LogP contribution < -0.4 is 5.32 Å². The van der Waals surface area contributed by atoms with Gasteiger partial charge < -0.3 is 9.73 Å². The molecule has 2 nitrogen and oxygen atoms in total. The van der Waals surface area contributed by atoms with E-state index in [4.69, 9.17) is 16.0 Å². The minimum absolute atomic E-state index is 0.414. The van der Waals surface area contributed by atoms with Gasteiger partial charge in [0.05, 0.1) is 5.02 Å². The zero-order valence-electron chi connectivity index (χ0n) is 11.7. The van der Waals surface area contributed by atoms with Crippen molar-refractivity contribution in [1.82, 2.24) is 5.32 Å². The predicted octanol–water partition coefficient (Wildman–Crippen LogP) is 4.45. The molecule has 0 bridgehead atoms. The monoisotopic (exact) mass is 277 g/mol. The summed E-state index contributed by atoms with van der Waals surface area (Å²) in [6, 6.07) is 10.4. The average Bonchev–Trinajstić information content (AvgIpc) is 2.77. The van der Waals surface area contributed by atoms with E-state index in [9.17, 15) is 0 Å². The number of likely N-dealkylation sites (N-methyl/N-ethyl adjacent to an activating group) is 1. The third-order valence-electron chi connectivity index (χ3n) is 3.11. The van der Waals surface area contributed by atoms with Crippen molar-refractivity contribution in [1.29, 1.82) is 0 Å². The minimum Gasteiger partial charge on any atom is -0.461 e. The summed E-state index contributed by atoms with van der Waals surface area (Å²) in [6.45, 7) is 7.26. The molecular formula is C16H20ClNO. The molecule has 19 heavy (non-hydrogen) atoms. The summed E-state index contributed by atoms with van der Waals surface area (Å²) in [7, 11) is 0. The highest BCUT2D eigenvalue weighted by molar-refractivity contribution is 6.33. The van der Waals surface area contributed by atoms with Crippen LogP contribution in [0, 0.1) is 6.92 Å². The number of benzene rings is 1. The van der Waals surface area contributed by atoms with E-state index in [0.29, 0.717) is 6.04 Å². The molecule has 1 heterocycles. The van der Waals surface area contributed by atoms with E-state index in [2.05, 4.69) is 19.2 Å². The van der Waals surface area contributed by atoms with Crippen LogP contribution in [0.3, 0.4) is 0 Å². The second-order valence-corrected chi connectivity index (χ2v) is 5.32. The summed E-state index contributed by atoms with van der Waals surface area (Å²) in [4.78, 5) is 0. The van der Waals surface area contributed by atoms with Gasteiger partial charge in [0.25, 0.3) is 0 Å². The molecule has 1 aromatic carbocycles. The first-order chi connectivity index (χ1) is 9.10. The van der Waals surface area contributed by atoms with Crippen molar-refractivity contribution in [3.63, 3.8) is 0 Å². The number of rotatable bonds is 5. The second kappa shape index (κ2) is 6.27. The standard InChI is InChI=1S/C16H20ClNO/c1-4-18-12(3)10-13-6-8-16(19-13)14-7-5-11(2)9-15(14)17/h5-9,12,18H,4,10H2,1-3H3. The molecule has 1 aromatic heterocycles. The van der Waals surface area contributed by atoms with Gasteiger partial charge in [0.2, 0.25) is 0 Å². The number of hydrogen-bond donors (Lipinski definition) is 1. The topological polar surface area (TPSA) is 25.2 Å². The molecule has 0 spiro atoms. The van der Waals surface area contributed by atoms with Gasteiger partial charge in [-0.15, -0.1) is 0 Å². The van der Waals surface area contributed by atoms with Crippen LogP contribution >= 0.6 is 11.6 Å². The van der Waals surface area contributed by atoms with Crippen LogP contribution in [0.15, 0.2) is 34.7 Å². The van der Waals surface area contributed by atoms with Crippen LogP contribution in [-0.4, -0.2) is 12.6 Å². The van der Waals surface area contributed by atoms with Crippen molar-refractivity contribution in [2.45, 2.75) is 33.2 Å². The lowest BCUT2D eigenvalue weighted by molar-refractivity contribution is 0.470. The Morgan fingerprint density at radius 2 is 2.05 bits per heavy atom. The number of aryl methyl sites for hydroxylation is 1. The van der Waals surface area contributed by atoms with Gasteiger partial charge in [0, 0.05) is 18.0 Å². The van der Waals surface area contributed by atoms with Crippen LogP contribution in [0.1, 0.15) is 25.2 Å². The number of hydrogen-bond acceptors (Lipinski definition) is 2. The van der Waals surface area contributed by atoms with Crippen LogP contribution in [0.4, 0.5) is 0 Å². The summed E-state index contributed by atoms with van der Waals surface area (Å²) >= 11 is 6.26. The highest BCUT2D eigenvalue weighted by atomic mass is 35.5. The van der Waals surface area contributed by atoms with Crippen molar-refractivity contribution in [3.05, 3.63) is 46.7 Å². The molecule has 102 valence electrons. The Bertz CT molecular complexity index is 547. The van der Waals surface area contributed by atoms with E-state index < -0.39 is 0 Å². The van der Waals surface area contributed by atoms with Gasteiger partial charge >= 0.3 is 0 Å². The van der Waals surface area contributed by atoms with E-state index in [1.165, 1.54) is 0 Å².